The molecule has 96 valence electrons. The van der Waals surface area contributed by atoms with Gasteiger partial charge in [0, 0.05) is 6.07 Å². The highest BCUT2D eigenvalue weighted by Crippen LogP contribution is 2.38. The highest BCUT2D eigenvalue weighted by molar-refractivity contribution is 5.97. The third-order valence-corrected chi connectivity index (χ3v) is 2.58. The standard InChI is InChI=1S/C11H12N2O5/c1-11(2)5-18-8-4-6(13(16)17)3-7(10(14)15)9(8)12-11/h3-4,12H,5H2,1-2H3,(H,14,15). The molecule has 0 spiro atoms. The molecule has 0 bridgehead atoms. The number of hydrogen-bond donors (Lipinski definition) is 2. The van der Waals surface area contributed by atoms with Crippen LogP contribution < -0.4 is 10.1 Å². The van der Waals surface area contributed by atoms with Gasteiger partial charge in [0.05, 0.1) is 27.8 Å². The summed E-state index contributed by atoms with van der Waals surface area (Å²) in [5, 5.41) is 22.8. The SMILES string of the molecule is CC1(C)COc2cc([N+](=O)[O-])cc(C(=O)O)c2N1. The summed E-state index contributed by atoms with van der Waals surface area (Å²) < 4.78 is 5.39. The number of carboxylic acids is 1. The van der Waals surface area contributed by atoms with Crippen molar-refractivity contribution in [1.82, 2.24) is 0 Å². The molecule has 2 rings (SSSR count). The second-order valence-electron chi connectivity index (χ2n) is 4.73. The zero-order valence-corrected chi connectivity index (χ0v) is 9.89. The number of carboxylic acid groups (broad SMARTS) is 1. The molecule has 0 amide bonds. The van der Waals surface area contributed by atoms with Crippen LogP contribution in [0.1, 0.15) is 24.2 Å². The van der Waals surface area contributed by atoms with Gasteiger partial charge < -0.3 is 15.2 Å². The van der Waals surface area contributed by atoms with E-state index in [4.69, 9.17) is 9.84 Å². The lowest BCUT2D eigenvalue weighted by Crippen LogP contribution is -2.41. The lowest BCUT2D eigenvalue weighted by molar-refractivity contribution is -0.385. The maximum absolute atomic E-state index is 11.1. The van der Waals surface area contributed by atoms with Crippen LogP contribution in [0, 0.1) is 10.1 Å². The lowest BCUT2D eigenvalue weighted by atomic mass is 10.0. The van der Waals surface area contributed by atoms with E-state index >= 15 is 0 Å². The summed E-state index contributed by atoms with van der Waals surface area (Å²) >= 11 is 0. The third-order valence-electron chi connectivity index (χ3n) is 2.58. The molecular weight excluding hydrogens is 240 g/mol. The fourth-order valence-electron chi connectivity index (χ4n) is 1.75. The number of non-ortho nitro benzene ring substituents is 1. The van der Waals surface area contributed by atoms with Crippen LogP contribution in [0.15, 0.2) is 12.1 Å². The van der Waals surface area contributed by atoms with Crippen LogP contribution in [-0.2, 0) is 0 Å². The molecule has 0 unspecified atom stereocenters. The molecule has 0 atom stereocenters. The molecule has 0 fully saturated rings. The van der Waals surface area contributed by atoms with Gasteiger partial charge in [-0.3, -0.25) is 10.1 Å². The Morgan fingerprint density at radius 1 is 1.56 bits per heavy atom. The predicted molar refractivity (Wildman–Crippen MR) is 63.3 cm³/mol. The van der Waals surface area contributed by atoms with Gasteiger partial charge in [-0.25, -0.2) is 4.79 Å². The number of nitrogens with one attached hydrogen (secondary N) is 1. The van der Waals surface area contributed by atoms with Crippen LogP contribution in [0.25, 0.3) is 0 Å². The number of anilines is 1. The van der Waals surface area contributed by atoms with Crippen molar-refractivity contribution < 1.29 is 19.6 Å². The Kier molecular flexibility index (Phi) is 2.61. The topological polar surface area (TPSA) is 102 Å². The van der Waals surface area contributed by atoms with Gasteiger partial charge in [0.15, 0.2) is 0 Å². The number of nitro benzene ring substituents is 1. The molecule has 1 aliphatic rings. The van der Waals surface area contributed by atoms with Crippen LogP contribution in [0.2, 0.25) is 0 Å². The third kappa shape index (κ3) is 2.06. The Morgan fingerprint density at radius 3 is 2.78 bits per heavy atom. The number of aromatic carboxylic acids is 1. The van der Waals surface area contributed by atoms with Crippen LogP contribution in [-0.4, -0.2) is 28.1 Å². The number of nitro groups is 1. The van der Waals surface area contributed by atoms with Crippen LogP contribution in [0.4, 0.5) is 11.4 Å². The fraction of sp³-hybridized carbons (Fsp3) is 0.364. The van der Waals surface area contributed by atoms with Crippen molar-refractivity contribution in [3.05, 3.63) is 27.8 Å². The second-order valence-corrected chi connectivity index (χ2v) is 4.73. The number of ether oxygens (including phenoxy) is 1. The van der Waals surface area contributed by atoms with Gasteiger partial charge in [0.2, 0.25) is 0 Å². The van der Waals surface area contributed by atoms with E-state index in [1.165, 1.54) is 6.07 Å². The molecular formula is C11H12N2O5. The van der Waals surface area contributed by atoms with Crippen molar-refractivity contribution in [3.63, 3.8) is 0 Å². The van der Waals surface area contributed by atoms with Crippen LogP contribution >= 0.6 is 0 Å². The Morgan fingerprint density at radius 2 is 2.22 bits per heavy atom. The molecule has 2 N–H and O–H groups in total. The van der Waals surface area contributed by atoms with E-state index in [1.807, 2.05) is 13.8 Å². The number of hydrogen-bond acceptors (Lipinski definition) is 5. The highest BCUT2D eigenvalue weighted by Gasteiger charge is 2.31. The minimum absolute atomic E-state index is 0.160. The molecule has 1 aromatic carbocycles. The van der Waals surface area contributed by atoms with Crippen molar-refractivity contribution in [2.75, 3.05) is 11.9 Å². The summed E-state index contributed by atoms with van der Waals surface area (Å²) in [6.45, 7) is 4.01. The van der Waals surface area contributed by atoms with Gasteiger partial charge >= 0.3 is 5.97 Å². The molecule has 1 aliphatic heterocycles. The lowest BCUT2D eigenvalue weighted by Gasteiger charge is -2.34. The van der Waals surface area contributed by atoms with Gasteiger partial charge in [0.25, 0.3) is 5.69 Å². The molecule has 0 saturated heterocycles. The summed E-state index contributed by atoms with van der Waals surface area (Å²) in [6.07, 6.45) is 0. The normalized spacial score (nSPS) is 16.1. The maximum Gasteiger partial charge on any atom is 0.338 e. The van der Waals surface area contributed by atoms with Gasteiger partial charge in [0.1, 0.15) is 12.4 Å². The van der Waals surface area contributed by atoms with E-state index in [1.54, 1.807) is 0 Å². The smallest absolute Gasteiger partial charge is 0.338 e. The number of rotatable bonds is 2. The molecule has 1 aromatic rings. The second kappa shape index (κ2) is 3.86. The molecule has 1 heterocycles. The number of benzene rings is 1. The molecule has 0 saturated carbocycles. The summed E-state index contributed by atoms with van der Waals surface area (Å²) in [4.78, 5) is 21.2. The first-order valence-corrected chi connectivity index (χ1v) is 5.27. The van der Waals surface area contributed by atoms with Crippen molar-refractivity contribution in [3.8, 4) is 5.75 Å². The highest BCUT2D eigenvalue weighted by atomic mass is 16.6. The number of fused-ring (bicyclic) bond motifs is 1. The summed E-state index contributed by atoms with van der Waals surface area (Å²) in [7, 11) is 0. The first kappa shape index (κ1) is 12.2. The average molecular weight is 252 g/mol. The van der Waals surface area contributed by atoms with E-state index in [0.29, 0.717) is 6.61 Å². The fourth-order valence-corrected chi connectivity index (χ4v) is 1.75. The van der Waals surface area contributed by atoms with Crippen molar-refractivity contribution in [2.24, 2.45) is 0 Å². The Bertz CT molecular complexity index is 538. The molecule has 0 aromatic heterocycles. The zero-order valence-electron chi connectivity index (χ0n) is 9.89. The molecule has 7 nitrogen and oxygen atoms in total. The molecule has 0 radical (unpaired) electrons. The maximum atomic E-state index is 11.1. The van der Waals surface area contributed by atoms with E-state index in [0.717, 1.165) is 6.07 Å². The van der Waals surface area contributed by atoms with Crippen molar-refractivity contribution >= 4 is 17.3 Å². The first-order valence-electron chi connectivity index (χ1n) is 5.27. The Hall–Kier alpha value is -2.31. The van der Waals surface area contributed by atoms with Gasteiger partial charge in [-0.2, -0.15) is 0 Å². The van der Waals surface area contributed by atoms with Gasteiger partial charge in [-0.1, -0.05) is 0 Å². The minimum Gasteiger partial charge on any atom is -0.489 e. The zero-order chi connectivity index (χ0) is 13.5. The number of nitrogens with zero attached hydrogens (tertiary/aromatic N) is 1. The van der Waals surface area contributed by atoms with Gasteiger partial charge in [-0.15, -0.1) is 0 Å². The Balaban J connectivity index is 2.60. The summed E-state index contributed by atoms with van der Waals surface area (Å²) in [5.41, 5.74) is -0.600. The molecule has 0 aliphatic carbocycles. The molecule has 18 heavy (non-hydrogen) atoms. The molecule has 7 heteroatoms. The van der Waals surface area contributed by atoms with Crippen LogP contribution in [0.5, 0.6) is 5.75 Å². The first-order chi connectivity index (χ1) is 8.30. The predicted octanol–water partition coefficient (Wildman–Crippen LogP) is 1.88. The van der Waals surface area contributed by atoms with Gasteiger partial charge in [-0.05, 0) is 13.8 Å². The van der Waals surface area contributed by atoms with Crippen molar-refractivity contribution in [2.45, 2.75) is 19.4 Å². The van der Waals surface area contributed by atoms with E-state index < -0.39 is 16.4 Å². The van der Waals surface area contributed by atoms with E-state index in [9.17, 15) is 14.9 Å². The van der Waals surface area contributed by atoms with Crippen LogP contribution in [0.3, 0.4) is 0 Å². The average Bonchev–Trinajstić information content (AvgIpc) is 2.26. The number of carbonyl (C=O) groups is 1. The Labute approximate surface area is 103 Å². The van der Waals surface area contributed by atoms with E-state index in [2.05, 4.69) is 5.32 Å². The largest absolute Gasteiger partial charge is 0.489 e. The minimum atomic E-state index is -1.23. The summed E-state index contributed by atoms with van der Waals surface area (Å²) in [6, 6.07) is 2.25. The van der Waals surface area contributed by atoms with Crippen molar-refractivity contribution in [1.29, 1.82) is 0 Å². The summed E-state index contributed by atoms with van der Waals surface area (Å²) in [5.74, 6) is -1.04. The quantitative estimate of drug-likeness (QED) is 0.615. The van der Waals surface area contributed by atoms with E-state index in [-0.39, 0.29) is 22.7 Å². The monoisotopic (exact) mass is 252 g/mol.